The Morgan fingerprint density at radius 2 is 1.51 bits per heavy atom. The fourth-order valence-electron chi connectivity index (χ4n) is 5.32. The van der Waals surface area contributed by atoms with Gasteiger partial charge >= 0.3 is 12.0 Å². The summed E-state index contributed by atoms with van der Waals surface area (Å²) in [6, 6.07) is 12.7. The molecule has 0 atom stereocenters. The van der Waals surface area contributed by atoms with Crippen molar-refractivity contribution in [2.45, 2.75) is 25.5 Å². The van der Waals surface area contributed by atoms with Crippen molar-refractivity contribution in [1.82, 2.24) is 19.9 Å². The number of hydrogen-bond acceptors (Lipinski definition) is 10. The molecule has 6 rings (SSSR count). The fraction of sp³-hybridized carbons (Fsp3) is 0.414. The molecule has 12 nitrogen and oxygen atoms in total. The van der Waals surface area contributed by atoms with Crippen molar-refractivity contribution in [3.63, 3.8) is 0 Å². The average molecular weight is 559 g/mol. The van der Waals surface area contributed by atoms with Crippen LogP contribution in [0.5, 0.6) is 0 Å². The van der Waals surface area contributed by atoms with Crippen LogP contribution in [0.25, 0.3) is 11.4 Å². The summed E-state index contributed by atoms with van der Waals surface area (Å²) in [5, 5.41) is 5.65. The number of hydrogen-bond donors (Lipinski definition) is 2. The van der Waals surface area contributed by atoms with Crippen LogP contribution in [0.1, 0.15) is 28.8 Å². The topological polar surface area (TPSA) is 125 Å². The van der Waals surface area contributed by atoms with Gasteiger partial charge in [-0.3, -0.25) is 0 Å². The summed E-state index contributed by atoms with van der Waals surface area (Å²) in [7, 11) is 4.26. The first-order valence-corrected chi connectivity index (χ1v) is 13.9. The van der Waals surface area contributed by atoms with E-state index in [0.717, 1.165) is 50.1 Å². The van der Waals surface area contributed by atoms with Crippen molar-refractivity contribution in [2.75, 3.05) is 73.9 Å². The van der Waals surface area contributed by atoms with Crippen LogP contribution in [0.4, 0.5) is 28.1 Å². The smallest absolute Gasteiger partial charge is 0.338 e. The molecule has 1 aromatic heterocycles. The summed E-state index contributed by atoms with van der Waals surface area (Å²) >= 11 is 0. The van der Waals surface area contributed by atoms with Crippen LogP contribution in [0.2, 0.25) is 0 Å². The van der Waals surface area contributed by atoms with Crippen molar-refractivity contribution < 1.29 is 19.1 Å². The maximum absolute atomic E-state index is 12.6. The van der Waals surface area contributed by atoms with E-state index < -0.39 is 0 Å². The number of nitrogens with one attached hydrogen (secondary N) is 2. The lowest BCUT2D eigenvalue weighted by molar-refractivity contribution is 0.0535. The van der Waals surface area contributed by atoms with Gasteiger partial charge in [0.1, 0.15) is 6.61 Å². The van der Waals surface area contributed by atoms with Gasteiger partial charge in [0, 0.05) is 54.7 Å². The van der Waals surface area contributed by atoms with Gasteiger partial charge < -0.3 is 34.8 Å². The third-order valence-electron chi connectivity index (χ3n) is 7.73. The van der Waals surface area contributed by atoms with Gasteiger partial charge in [-0.25, -0.2) is 9.59 Å². The maximum Gasteiger partial charge on any atom is 0.338 e. The Balaban J connectivity index is 1.17. The average Bonchev–Trinajstić information content (AvgIpc) is 3.37. The highest BCUT2D eigenvalue weighted by Gasteiger charge is 2.25. The SMILES string of the molecule is CN(C)C1CCN(c2nc(-c3ccc(NC(=O)Nc4ccc5c(c4)COC5=O)cc3)nc(N3CCOCC3)n2)CC1. The quantitative estimate of drug-likeness (QED) is 0.436. The first kappa shape index (κ1) is 26.9. The Bertz CT molecular complexity index is 1420. The molecule has 0 unspecified atom stereocenters. The van der Waals surface area contributed by atoms with E-state index in [1.165, 1.54) is 0 Å². The first-order chi connectivity index (χ1) is 19.9. The minimum Gasteiger partial charge on any atom is -0.457 e. The third-order valence-corrected chi connectivity index (χ3v) is 7.73. The van der Waals surface area contributed by atoms with Crippen molar-refractivity contribution in [3.05, 3.63) is 53.6 Å². The molecular formula is C29H34N8O4. The number of carbonyl (C=O) groups excluding carboxylic acids is 2. The highest BCUT2D eigenvalue weighted by molar-refractivity contribution is 6.01. The molecule has 2 N–H and O–H groups in total. The van der Waals surface area contributed by atoms with Crippen LogP contribution in [-0.2, 0) is 16.1 Å². The number of benzene rings is 2. The van der Waals surface area contributed by atoms with Crippen molar-refractivity contribution in [2.24, 2.45) is 0 Å². The molecule has 0 bridgehead atoms. The molecule has 3 aromatic rings. The van der Waals surface area contributed by atoms with E-state index in [1.807, 2.05) is 24.3 Å². The molecule has 214 valence electrons. The van der Waals surface area contributed by atoms with Gasteiger partial charge in [0.2, 0.25) is 11.9 Å². The van der Waals surface area contributed by atoms with E-state index in [-0.39, 0.29) is 18.6 Å². The summed E-state index contributed by atoms with van der Waals surface area (Å²) in [5.41, 5.74) is 3.33. The standard InChI is InChI=1S/C29H34N8O4/c1-35(2)23-9-11-36(12-10-23)27-32-25(33-28(34-27)37-13-15-40-16-14-37)19-3-5-21(6-4-19)30-29(39)31-22-7-8-24-20(17-22)18-41-26(24)38/h3-8,17,23H,9-16,18H2,1-2H3,(H2,30,31,39). The van der Waals surface area contributed by atoms with E-state index in [9.17, 15) is 9.59 Å². The van der Waals surface area contributed by atoms with Crippen molar-refractivity contribution in [1.29, 1.82) is 0 Å². The van der Waals surface area contributed by atoms with Gasteiger partial charge in [0.25, 0.3) is 0 Å². The minimum absolute atomic E-state index is 0.215. The van der Waals surface area contributed by atoms with Crippen molar-refractivity contribution >= 4 is 35.3 Å². The molecule has 2 amide bonds. The van der Waals surface area contributed by atoms with E-state index in [4.69, 9.17) is 24.4 Å². The van der Waals surface area contributed by atoms with Gasteiger partial charge in [-0.2, -0.15) is 15.0 Å². The summed E-state index contributed by atoms with van der Waals surface area (Å²) < 4.78 is 10.6. The highest BCUT2D eigenvalue weighted by atomic mass is 16.5. The summed E-state index contributed by atoms with van der Waals surface area (Å²) in [6.45, 7) is 4.75. The van der Waals surface area contributed by atoms with Crippen LogP contribution >= 0.6 is 0 Å². The number of urea groups is 1. The maximum atomic E-state index is 12.6. The highest BCUT2D eigenvalue weighted by Crippen LogP contribution is 2.27. The monoisotopic (exact) mass is 558 g/mol. The number of nitrogens with zero attached hydrogens (tertiary/aromatic N) is 6. The molecule has 0 saturated carbocycles. The number of piperidine rings is 1. The van der Waals surface area contributed by atoms with E-state index >= 15 is 0 Å². The molecule has 2 saturated heterocycles. The Morgan fingerprint density at radius 1 is 0.878 bits per heavy atom. The lowest BCUT2D eigenvalue weighted by Gasteiger charge is -2.35. The molecule has 41 heavy (non-hydrogen) atoms. The molecule has 2 aromatic carbocycles. The largest absolute Gasteiger partial charge is 0.457 e. The number of cyclic esters (lactones) is 1. The number of anilines is 4. The van der Waals surface area contributed by atoms with Crippen LogP contribution < -0.4 is 20.4 Å². The third kappa shape index (κ3) is 6.08. The first-order valence-electron chi connectivity index (χ1n) is 13.9. The second-order valence-electron chi connectivity index (χ2n) is 10.6. The van der Waals surface area contributed by atoms with E-state index in [1.54, 1.807) is 18.2 Å². The van der Waals surface area contributed by atoms with Gasteiger partial charge in [-0.15, -0.1) is 0 Å². The van der Waals surface area contributed by atoms with Gasteiger partial charge in [0.05, 0.1) is 18.8 Å². The number of carbonyl (C=O) groups is 2. The molecule has 3 aliphatic rings. The molecule has 0 radical (unpaired) electrons. The van der Waals surface area contributed by atoms with Crippen LogP contribution in [0.3, 0.4) is 0 Å². The van der Waals surface area contributed by atoms with E-state index in [2.05, 4.69) is 39.4 Å². The summed E-state index contributed by atoms with van der Waals surface area (Å²) in [5.74, 6) is 1.60. The lowest BCUT2D eigenvalue weighted by atomic mass is 10.0. The summed E-state index contributed by atoms with van der Waals surface area (Å²) in [6.07, 6.45) is 2.11. The molecule has 0 aliphatic carbocycles. The second kappa shape index (κ2) is 11.7. The van der Waals surface area contributed by atoms with Gasteiger partial charge in [0.15, 0.2) is 5.82 Å². The zero-order valence-electron chi connectivity index (χ0n) is 23.3. The normalized spacial score (nSPS) is 17.4. The van der Waals surface area contributed by atoms with E-state index in [0.29, 0.717) is 53.9 Å². The number of aromatic nitrogens is 3. The Hall–Kier alpha value is -4.29. The lowest BCUT2D eigenvalue weighted by Crippen LogP contribution is -2.43. The summed E-state index contributed by atoms with van der Waals surface area (Å²) in [4.78, 5) is 45.5. The van der Waals surface area contributed by atoms with Crippen LogP contribution in [0, 0.1) is 0 Å². The van der Waals surface area contributed by atoms with Crippen molar-refractivity contribution in [3.8, 4) is 11.4 Å². The predicted molar refractivity (Wildman–Crippen MR) is 155 cm³/mol. The molecule has 4 heterocycles. The second-order valence-corrected chi connectivity index (χ2v) is 10.6. The number of fused-ring (bicyclic) bond motifs is 1. The molecule has 2 fully saturated rings. The predicted octanol–water partition coefficient (Wildman–Crippen LogP) is 3.22. The van der Waals surface area contributed by atoms with Crippen LogP contribution in [-0.4, -0.2) is 91.4 Å². The Morgan fingerprint density at radius 3 is 2.20 bits per heavy atom. The number of morpholine rings is 1. The zero-order chi connectivity index (χ0) is 28.3. The number of rotatable bonds is 6. The number of esters is 1. The Kier molecular flexibility index (Phi) is 7.66. The molecular weight excluding hydrogens is 524 g/mol. The van der Waals surface area contributed by atoms with Gasteiger partial charge in [-0.1, -0.05) is 0 Å². The fourth-order valence-corrected chi connectivity index (χ4v) is 5.32. The Labute approximate surface area is 238 Å². The molecule has 12 heteroatoms. The van der Waals surface area contributed by atoms with Crippen LogP contribution in [0.15, 0.2) is 42.5 Å². The number of amides is 2. The number of ether oxygens (including phenoxy) is 2. The van der Waals surface area contributed by atoms with Gasteiger partial charge in [-0.05, 0) is 69.4 Å². The zero-order valence-corrected chi connectivity index (χ0v) is 23.3. The molecule has 0 spiro atoms. The minimum atomic E-state index is -0.388. The molecule has 3 aliphatic heterocycles.